The first kappa shape index (κ1) is 6.45. The smallest absolute Gasteiger partial charge is 0.0202 e. The van der Waals surface area contributed by atoms with E-state index in [1.54, 1.807) is 5.57 Å². The van der Waals surface area contributed by atoms with Gasteiger partial charge in [-0.2, -0.15) is 0 Å². The van der Waals surface area contributed by atoms with E-state index in [0.717, 1.165) is 11.8 Å². The highest BCUT2D eigenvalue weighted by molar-refractivity contribution is 5.08. The van der Waals surface area contributed by atoms with Crippen LogP contribution >= 0.6 is 0 Å². The zero-order valence-electron chi connectivity index (χ0n) is 6.77. The van der Waals surface area contributed by atoms with Gasteiger partial charge in [0, 0.05) is 0 Å². The number of allylic oxidation sites excluding steroid dienone is 2. The second-order valence-corrected chi connectivity index (χ2v) is 3.91. The van der Waals surface area contributed by atoms with Crippen LogP contribution in [-0.2, 0) is 0 Å². The minimum atomic E-state index is 0.980. The lowest BCUT2D eigenvalue weighted by molar-refractivity contribution is 0.403. The molecule has 0 aromatic heterocycles. The molecule has 2 rings (SSSR count). The molecule has 0 unspecified atom stereocenters. The molecule has 0 radical (unpaired) electrons. The maximum atomic E-state index is 2.53. The predicted molar refractivity (Wildman–Crippen MR) is 43.8 cm³/mol. The summed E-state index contributed by atoms with van der Waals surface area (Å²) in [6.07, 6.45) is 9.85. The van der Waals surface area contributed by atoms with Gasteiger partial charge in [0.2, 0.25) is 0 Å². The molecular formula is C10H16. The van der Waals surface area contributed by atoms with Gasteiger partial charge in [0.15, 0.2) is 0 Å². The molecule has 0 aromatic rings. The highest BCUT2D eigenvalue weighted by Crippen LogP contribution is 2.40. The molecule has 0 amide bonds. The number of hydrogen-bond acceptors (Lipinski definition) is 0. The van der Waals surface area contributed by atoms with Crippen molar-refractivity contribution in [3.63, 3.8) is 0 Å². The highest BCUT2D eigenvalue weighted by atomic mass is 14.3. The second kappa shape index (κ2) is 2.41. The summed E-state index contributed by atoms with van der Waals surface area (Å²) in [6, 6.07) is 0. The van der Waals surface area contributed by atoms with E-state index in [1.807, 2.05) is 0 Å². The molecule has 2 aliphatic carbocycles. The van der Waals surface area contributed by atoms with Gasteiger partial charge in [-0.3, -0.25) is 0 Å². The van der Waals surface area contributed by atoms with Crippen LogP contribution in [0.2, 0.25) is 0 Å². The van der Waals surface area contributed by atoms with Gasteiger partial charge in [-0.25, -0.2) is 0 Å². The Bertz CT molecular complexity index is 155. The summed E-state index contributed by atoms with van der Waals surface area (Å²) in [5.41, 5.74) is 1.64. The molecule has 1 saturated carbocycles. The summed E-state index contributed by atoms with van der Waals surface area (Å²) in [6.45, 7) is 2.29. The molecule has 56 valence electrons. The normalized spacial score (nSPS) is 39.1. The Balaban J connectivity index is 2.13. The SMILES string of the molecule is CC1=C[C@@H]2CCC[C@@H]2CC1. The monoisotopic (exact) mass is 136 g/mol. The molecule has 1 fully saturated rings. The zero-order chi connectivity index (χ0) is 6.97. The van der Waals surface area contributed by atoms with Gasteiger partial charge in [0.25, 0.3) is 0 Å². The van der Waals surface area contributed by atoms with E-state index in [9.17, 15) is 0 Å². The topological polar surface area (TPSA) is 0 Å². The Hall–Kier alpha value is -0.260. The Labute approximate surface area is 63.3 Å². The van der Waals surface area contributed by atoms with E-state index in [2.05, 4.69) is 13.0 Å². The Morgan fingerprint density at radius 2 is 2.20 bits per heavy atom. The third-order valence-corrected chi connectivity index (χ3v) is 3.13. The molecule has 0 aromatic carbocycles. The molecule has 0 N–H and O–H groups in total. The number of fused-ring (bicyclic) bond motifs is 1. The lowest BCUT2D eigenvalue weighted by Crippen LogP contribution is -2.10. The molecule has 10 heavy (non-hydrogen) atoms. The summed E-state index contributed by atoms with van der Waals surface area (Å²) < 4.78 is 0. The van der Waals surface area contributed by atoms with Crippen LogP contribution in [0.4, 0.5) is 0 Å². The van der Waals surface area contributed by atoms with Crippen molar-refractivity contribution in [2.24, 2.45) is 11.8 Å². The van der Waals surface area contributed by atoms with Gasteiger partial charge in [0.1, 0.15) is 0 Å². The standard InChI is InChI=1S/C10H16/c1-8-5-6-9-3-2-4-10(9)7-8/h7,9-10H,2-6H2,1H3/t9-,10+/m1/s1. The van der Waals surface area contributed by atoms with Gasteiger partial charge < -0.3 is 0 Å². The summed E-state index contributed by atoms with van der Waals surface area (Å²) in [5.74, 6) is 2.05. The van der Waals surface area contributed by atoms with Crippen LogP contribution in [0.25, 0.3) is 0 Å². The quantitative estimate of drug-likeness (QED) is 0.449. The predicted octanol–water partition coefficient (Wildman–Crippen LogP) is 3.14. The highest BCUT2D eigenvalue weighted by Gasteiger charge is 2.27. The van der Waals surface area contributed by atoms with Crippen molar-refractivity contribution < 1.29 is 0 Å². The lowest BCUT2D eigenvalue weighted by Gasteiger charge is -2.22. The fourth-order valence-corrected chi connectivity index (χ4v) is 2.51. The van der Waals surface area contributed by atoms with Gasteiger partial charge in [-0.15, -0.1) is 0 Å². The molecule has 0 nitrogen and oxygen atoms in total. The minimum Gasteiger partial charge on any atom is -0.0822 e. The summed E-state index contributed by atoms with van der Waals surface area (Å²) in [5, 5.41) is 0. The van der Waals surface area contributed by atoms with Gasteiger partial charge in [0.05, 0.1) is 0 Å². The number of rotatable bonds is 0. The van der Waals surface area contributed by atoms with E-state index in [0.29, 0.717) is 0 Å². The molecule has 0 heteroatoms. The Morgan fingerprint density at radius 1 is 1.30 bits per heavy atom. The Kier molecular flexibility index (Phi) is 1.55. The van der Waals surface area contributed by atoms with E-state index in [4.69, 9.17) is 0 Å². The first-order valence-electron chi connectivity index (χ1n) is 4.53. The molecule has 0 bridgehead atoms. The lowest BCUT2D eigenvalue weighted by atomic mass is 9.84. The third kappa shape index (κ3) is 1.00. The summed E-state index contributed by atoms with van der Waals surface area (Å²) in [4.78, 5) is 0. The average Bonchev–Trinajstić information content (AvgIpc) is 2.33. The first-order valence-corrected chi connectivity index (χ1v) is 4.53. The van der Waals surface area contributed by atoms with Crippen molar-refractivity contribution in [3.05, 3.63) is 11.6 Å². The molecular weight excluding hydrogens is 120 g/mol. The molecule has 0 saturated heterocycles. The van der Waals surface area contributed by atoms with Crippen molar-refractivity contribution in [1.82, 2.24) is 0 Å². The average molecular weight is 136 g/mol. The molecule has 2 atom stereocenters. The van der Waals surface area contributed by atoms with Crippen LogP contribution in [0.5, 0.6) is 0 Å². The van der Waals surface area contributed by atoms with Crippen molar-refractivity contribution in [2.75, 3.05) is 0 Å². The maximum Gasteiger partial charge on any atom is -0.0202 e. The second-order valence-electron chi connectivity index (χ2n) is 3.91. The minimum absolute atomic E-state index is 0.980. The van der Waals surface area contributed by atoms with Gasteiger partial charge >= 0.3 is 0 Å². The summed E-state index contributed by atoms with van der Waals surface area (Å²) in [7, 11) is 0. The van der Waals surface area contributed by atoms with E-state index in [1.165, 1.54) is 32.1 Å². The number of hydrogen-bond donors (Lipinski definition) is 0. The first-order chi connectivity index (χ1) is 4.86. The third-order valence-electron chi connectivity index (χ3n) is 3.13. The fraction of sp³-hybridized carbons (Fsp3) is 0.800. The zero-order valence-corrected chi connectivity index (χ0v) is 6.77. The van der Waals surface area contributed by atoms with E-state index < -0.39 is 0 Å². The van der Waals surface area contributed by atoms with Crippen LogP contribution in [0.15, 0.2) is 11.6 Å². The van der Waals surface area contributed by atoms with Gasteiger partial charge in [-0.1, -0.05) is 18.1 Å². The summed E-state index contributed by atoms with van der Waals surface area (Å²) >= 11 is 0. The van der Waals surface area contributed by atoms with Crippen LogP contribution < -0.4 is 0 Å². The molecule has 0 spiro atoms. The van der Waals surface area contributed by atoms with Crippen molar-refractivity contribution in [3.8, 4) is 0 Å². The fourth-order valence-electron chi connectivity index (χ4n) is 2.51. The van der Waals surface area contributed by atoms with Crippen molar-refractivity contribution in [1.29, 1.82) is 0 Å². The Morgan fingerprint density at radius 3 is 3.10 bits per heavy atom. The van der Waals surface area contributed by atoms with Crippen molar-refractivity contribution in [2.45, 2.75) is 39.0 Å². The molecule has 0 heterocycles. The van der Waals surface area contributed by atoms with Crippen LogP contribution in [0.1, 0.15) is 39.0 Å². The van der Waals surface area contributed by atoms with E-state index >= 15 is 0 Å². The maximum absolute atomic E-state index is 2.53. The van der Waals surface area contributed by atoms with Crippen molar-refractivity contribution >= 4 is 0 Å². The van der Waals surface area contributed by atoms with Crippen LogP contribution in [0, 0.1) is 11.8 Å². The largest absolute Gasteiger partial charge is 0.0822 e. The van der Waals surface area contributed by atoms with Crippen LogP contribution in [0.3, 0.4) is 0 Å². The van der Waals surface area contributed by atoms with E-state index in [-0.39, 0.29) is 0 Å². The molecule has 2 aliphatic rings. The molecule has 0 aliphatic heterocycles. The van der Waals surface area contributed by atoms with Crippen LogP contribution in [-0.4, -0.2) is 0 Å². The van der Waals surface area contributed by atoms with Gasteiger partial charge in [-0.05, 0) is 44.4 Å².